The van der Waals surface area contributed by atoms with Crippen LogP contribution in [0.3, 0.4) is 0 Å². The molecule has 0 amide bonds. The molecule has 0 aliphatic heterocycles. The molecule has 0 aliphatic rings. The van der Waals surface area contributed by atoms with Crippen LogP contribution in [0.25, 0.3) is 10.9 Å². The number of aromatic amines is 1. The van der Waals surface area contributed by atoms with Gasteiger partial charge in [-0.05, 0) is 23.8 Å². The van der Waals surface area contributed by atoms with Crippen molar-refractivity contribution >= 4 is 26.4 Å². The molecule has 0 unspecified atom stereocenters. The molecule has 1 heterocycles. The number of rotatable bonds is 3. The number of hydrogen-bond donors (Lipinski definition) is 2. The summed E-state index contributed by atoms with van der Waals surface area (Å²) in [5.41, 5.74) is 7.97. The Balaban J connectivity index is 2.58. The summed E-state index contributed by atoms with van der Waals surface area (Å²) in [6, 6.07) is 5.44. The number of H-pyrrole nitrogens is 1. The molecule has 0 bridgehead atoms. The summed E-state index contributed by atoms with van der Waals surface area (Å²) >= 11 is 0. The van der Waals surface area contributed by atoms with Crippen molar-refractivity contribution in [3.63, 3.8) is 0 Å². The van der Waals surface area contributed by atoms with Crippen LogP contribution in [-0.4, -0.2) is 19.2 Å². The molecule has 0 fully saturated rings. The number of hydrogen-bond acceptors (Lipinski definition) is 3. The van der Waals surface area contributed by atoms with Gasteiger partial charge in [0, 0.05) is 28.5 Å². The van der Waals surface area contributed by atoms with Gasteiger partial charge < -0.3 is 10.7 Å². The summed E-state index contributed by atoms with van der Waals surface area (Å²) in [6.07, 6.45) is 1.78. The number of nitrogens with one attached hydrogen (secondary N) is 1. The molecule has 0 radical (unpaired) electrons. The van der Waals surface area contributed by atoms with Gasteiger partial charge in [0.25, 0.3) is 0 Å². The van der Waals surface area contributed by atoms with E-state index >= 15 is 0 Å². The standard InChI is InChI=1S/C11H14N2O2S/c1-2-16(14,15)7-9-8-5-6-13-11(8)4-3-10(9)12/h3-6,13H,2,7,12H2,1H3. The zero-order valence-electron chi connectivity index (χ0n) is 9.03. The van der Waals surface area contributed by atoms with E-state index in [4.69, 9.17) is 5.73 Å². The van der Waals surface area contributed by atoms with E-state index in [1.807, 2.05) is 12.1 Å². The Morgan fingerprint density at radius 2 is 2.06 bits per heavy atom. The lowest BCUT2D eigenvalue weighted by Gasteiger charge is -2.07. The highest BCUT2D eigenvalue weighted by atomic mass is 32.2. The Hall–Kier alpha value is -1.49. The quantitative estimate of drug-likeness (QED) is 0.799. The summed E-state index contributed by atoms with van der Waals surface area (Å²) in [5.74, 6) is 0.137. The molecule has 0 aliphatic carbocycles. The molecule has 1 aromatic heterocycles. The van der Waals surface area contributed by atoms with E-state index in [1.165, 1.54) is 0 Å². The van der Waals surface area contributed by atoms with Gasteiger partial charge in [0.1, 0.15) is 0 Å². The average Bonchev–Trinajstić information content (AvgIpc) is 2.70. The molecule has 2 aromatic rings. The van der Waals surface area contributed by atoms with E-state index in [0.29, 0.717) is 11.3 Å². The molecule has 5 heteroatoms. The molecule has 16 heavy (non-hydrogen) atoms. The largest absolute Gasteiger partial charge is 0.398 e. The van der Waals surface area contributed by atoms with Crippen LogP contribution < -0.4 is 5.73 Å². The molecular weight excluding hydrogens is 224 g/mol. The molecule has 86 valence electrons. The second-order valence-electron chi connectivity index (χ2n) is 3.75. The maximum Gasteiger partial charge on any atom is 0.154 e. The number of sulfone groups is 1. The van der Waals surface area contributed by atoms with Crippen LogP contribution in [0, 0.1) is 0 Å². The van der Waals surface area contributed by atoms with Crippen molar-refractivity contribution in [1.82, 2.24) is 4.98 Å². The van der Waals surface area contributed by atoms with Crippen molar-refractivity contribution in [3.05, 3.63) is 30.0 Å². The van der Waals surface area contributed by atoms with Crippen LogP contribution in [0.2, 0.25) is 0 Å². The number of nitrogen functional groups attached to an aromatic ring is 1. The van der Waals surface area contributed by atoms with Crippen LogP contribution in [0.15, 0.2) is 24.4 Å². The van der Waals surface area contributed by atoms with Crippen molar-refractivity contribution in [1.29, 1.82) is 0 Å². The Labute approximate surface area is 94.4 Å². The van der Waals surface area contributed by atoms with Crippen molar-refractivity contribution in [2.24, 2.45) is 0 Å². The Morgan fingerprint density at radius 3 is 2.75 bits per heavy atom. The van der Waals surface area contributed by atoms with Gasteiger partial charge in [-0.1, -0.05) is 6.92 Å². The van der Waals surface area contributed by atoms with Gasteiger partial charge in [-0.25, -0.2) is 8.42 Å². The van der Waals surface area contributed by atoms with Gasteiger partial charge in [-0.3, -0.25) is 0 Å². The minimum atomic E-state index is -3.06. The number of anilines is 1. The predicted octanol–water partition coefficient (Wildman–Crippen LogP) is 1.68. The van der Waals surface area contributed by atoms with Gasteiger partial charge >= 0.3 is 0 Å². The molecule has 3 N–H and O–H groups in total. The van der Waals surface area contributed by atoms with Crippen LogP contribution in [-0.2, 0) is 15.6 Å². The molecule has 0 atom stereocenters. The first-order chi connectivity index (χ1) is 7.53. The SMILES string of the molecule is CCS(=O)(=O)Cc1c(N)ccc2[nH]ccc12. The van der Waals surface area contributed by atoms with Gasteiger partial charge in [-0.15, -0.1) is 0 Å². The molecule has 0 saturated carbocycles. The summed E-state index contributed by atoms with van der Waals surface area (Å²) in [5, 5.41) is 0.886. The fraction of sp³-hybridized carbons (Fsp3) is 0.273. The lowest BCUT2D eigenvalue weighted by molar-refractivity contribution is 0.596. The smallest absolute Gasteiger partial charge is 0.154 e. The fourth-order valence-electron chi connectivity index (χ4n) is 1.70. The highest BCUT2D eigenvalue weighted by Gasteiger charge is 2.14. The van der Waals surface area contributed by atoms with Crippen molar-refractivity contribution in [2.45, 2.75) is 12.7 Å². The van der Waals surface area contributed by atoms with Gasteiger partial charge in [0.2, 0.25) is 0 Å². The third kappa shape index (κ3) is 1.90. The summed E-state index contributed by atoms with van der Waals surface area (Å²) < 4.78 is 23.2. The first-order valence-electron chi connectivity index (χ1n) is 5.08. The number of benzene rings is 1. The highest BCUT2D eigenvalue weighted by molar-refractivity contribution is 7.90. The van der Waals surface area contributed by atoms with E-state index in [-0.39, 0.29) is 11.5 Å². The van der Waals surface area contributed by atoms with Gasteiger partial charge in [0.15, 0.2) is 9.84 Å². The Kier molecular flexibility index (Phi) is 2.63. The zero-order chi connectivity index (χ0) is 11.8. The summed E-state index contributed by atoms with van der Waals surface area (Å²) in [4.78, 5) is 3.04. The lowest BCUT2D eigenvalue weighted by Crippen LogP contribution is -2.08. The third-order valence-electron chi connectivity index (χ3n) is 2.69. The van der Waals surface area contributed by atoms with Gasteiger partial charge in [-0.2, -0.15) is 0 Å². The van der Waals surface area contributed by atoms with Crippen LogP contribution in [0.4, 0.5) is 5.69 Å². The van der Waals surface area contributed by atoms with Crippen molar-refractivity contribution in [2.75, 3.05) is 11.5 Å². The predicted molar refractivity (Wildman–Crippen MR) is 65.9 cm³/mol. The Bertz CT molecular complexity index is 614. The topological polar surface area (TPSA) is 75.9 Å². The molecule has 0 saturated heterocycles. The van der Waals surface area contributed by atoms with E-state index in [0.717, 1.165) is 10.9 Å². The van der Waals surface area contributed by atoms with E-state index in [1.54, 1.807) is 19.2 Å². The molecule has 0 spiro atoms. The van der Waals surface area contributed by atoms with Gasteiger partial charge in [0.05, 0.1) is 5.75 Å². The molecular formula is C11H14N2O2S. The Morgan fingerprint density at radius 1 is 1.31 bits per heavy atom. The second kappa shape index (κ2) is 3.83. The minimum absolute atomic E-state index is 0.00449. The van der Waals surface area contributed by atoms with E-state index in [9.17, 15) is 8.42 Å². The highest BCUT2D eigenvalue weighted by Crippen LogP contribution is 2.25. The number of aromatic nitrogens is 1. The van der Waals surface area contributed by atoms with Crippen LogP contribution in [0.5, 0.6) is 0 Å². The summed E-state index contributed by atoms with van der Waals surface area (Å²) in [7, 11) is -3.06. The van der Waals surface area contributed by atoms with Crippen molar-refractivity contribution in [3.8, 4) is 0 Å². The second-order valence-corrected chi connectivity index (χ2v) is 6.10. The van der Waals surface area contributed by atoms with Crippen LogP contribution in [0.1, 0.15) is 12.5 Å². The van der Waals surface area contributed by atoms with E-state index < -0.39 is 9.84 Å². The monoisotopic (exact) mass is 238 g/mol. The summed E-state index contributed by atoms with van der Waals surface area (Å²) in [6.45, 7) is 1.64. The maximum absolute atomic E-state index is 11.6. The molecule has 1 aromatic carbocycles. The number of fused-ring (bicyclic) bond motifs is 1. The first kappa shape index (κ1) is 11.0. The average molecular weight is 238 g/mol. The molecule has 2 rings (SSSR count). The molecule has 4 nitrogen and oxygen atoms in total. The lowest BCUT2D eigenvalue weighted by atomic mass is 10.1. The van der Waals surface area contributed by atoms with Crippen LogP contribution >= 0.6 is 0 Å². The first-order valence-corrected chi connectivity index (χ1v) is 6.90. The minimum Gasteiger partial charge on any atom is -0.398 e. The van der Waals surface area contributed by atoms with E-state index in [2.05, 4.69) is 4.98 Å². The zero-order valence-corrected chi connectivity index (χ0v) is 9.84. The third-order valence-corrected chi connectivity index (χ3v) is 4.29. The van der Waals surface area contributed by atoms with Crippen molar-refractivity contribution < 1.29 is 8.42 Å². The maximum atomic E-state index is 11.6. The number of nitrogens with two attached hydrogens (primary N) is 1. The normalized spacial score (nSPS) is 12.1. The fourth-order valence-corrected chi connectivity index (χ4v) is 2.66.